The van der Waals surface area contributed by atoms with Crippen molar-refractivity contribution in [1.29, 1.82) is 0 Å². The van der Waals surface area contributed by atoms with Crippen LogP contribution in [-0.4, -0.2) is 46.6 Å². The van der Waals surface area contributed by atoms with E-state index in [0.29, 0.717) is 32.2 Å². The zero-order valence-corrected chi connectivity index (χ0v) is 17.8. The summed E-state index contributed by atoms with van der Waals surface area (Å²) in [5.41, 5.74) is 1.83. The molecular weight excluding hydrogens is 424 g/mol. The highest BCUT2D eigenvalue weighted by Gasteiger charge is 2.23. The van der Waals surface area contributed by atoms with Crippen LogP contribution in [0.3, 0.4) is 0 Å². The van der Waals surface area contributed by atoms with Crippen molar-refractivity contribution in [2.75, 3.05) is 25.1 Å². The van der Waals surface area contributed by atoms with E-state index in [-0.39, 0.29) is 22.7 Å². The molecule has 1 amide bonds. The van der Waals surface area contributed by atoms with Crippen LogP contribution in [0.25, 0.3) is 0 Å². The molecule has 1 aliphatic heterocycles. The zero-order chi connectivity index (χ0) is 20.9. The number of carbonyl (C=O) groups excluding carboxylic acids is 1. The van der Waals surface area contributed by atoms with Gasteiger partial charge in [0.15, 0.2) is 0 Å². The van der Waals surface area contributed by atoms with Crippen LogP contribution < -0.4 is 5.32 Å². The number of thiophene rings is 1. The van der Waals surface area contributed by atoms with Gasteiger partial charge in [-0.15, -0.1) is 11.3 Å². The fraction of sp³-hybridized carbons (Fsp3) is 0.286. The number of hydrogen-bond acceptors (Lipinski definition) is 6. The van der Waals surface area contributed by atoms with E-state index in [0.717, 1.165) is 16.0 Å². The van der Waals surface area contributed by atoms with Gasteiger partial charge in [-0.25, -0.2) is 4.98 Å². The lowest BCUT2D eigenvalue weighted by molar-refractivity contribution is -0.0947. The molecule has 154 valence electrons. The summed E-state index contributed by atoms with van der Waals surface area (Å²) in [6.45, 7) is 3.78. The molecule has 4 rings (SSSR count). The van der Waals surface area contributed by atoms with Crippen LogP contribution in [0.5, 0.6) is 0 Å². The van der Waals surface area contributed by atoms with Crippen molar-refractivity contribution in [2.24, 2.45) is 0 Å². The number of anilines is 1. The molecule has 0 spiro atoms. The first kappa shape index (κ1) is 20.6. The average molecular weight is 443 g/mol. The first-order chi connectivity index (χ1) is 14.6. The van der Waals surface area contributed by atoms with Crippen LogP contribution in [0.2, 0.25) is 5.02 Å². The Kier molecular flexibility index (Phi) is 6.45. The molecule has 0 radical (unpaired) electrons. The van der Waals surface area contributed by atoms with E-state index in [2.05, 4.69) is 27.2 Å². The third kappa shape index (κ3) is 4.89. The van der Waals surface area contributed by atoms with Gasteiger partial charge >= 0.3 is 0 Å². The Hall–Kier alpha value is -2.70. The summed E-state index contributed by atoms with van der Waals surface area (Å²) in [7, 11) is 0. The van der Waals surface area contributed by atoms with Crippen molar-refractivity contribution in [2.45, 2.75) is 19.6 Å². The summed E-state index contributed by atoms with van der Waals surface area (Å²) in [6.07, 6.45) is 2.90. The number of carbonyl (C=O) groups is 1. The molecule has 1 atom stereocenters. The second-order valence-electron chi connectivity index (χ2n) is 6.66. The average Bonchev–Trinajstić information content (AvgIpc) is 3.39. The van der Waals surface area contributed by atoms with Gasteiger partial charge in [0.2, 0.25) is 0 Å². The SMILES string of the molecule is Cc1cc(C#Cc2cccs2)cnc1NC(=O)c1c(Cl)cnn1CC1COCCO1. The number of pyridine rings is 1. The van der Waals surface area contributed by atoms with Crippen LogP contribution in [0.15, 0.2) is 36.0 Å². The molecule has 3 aromatic heterocycles. The second-order valence-corrected chi connectivity index (χ2v) is 8.02. The summed E-state index contributed by atoms with van der Waals surface area (Å²) >= 11 is 7.81. The second kappa shape index (κ2) is 9.41. The van der Waals surface area contributed by atoms with Crippen molar-refractivity contribution >= 4 is 34.7 Å². The predicted octanol–water partition coefficient (Wildman–Crippen LogP) is 3.37. The standard InChI is InChI=1S/C21H19ClN4O3S/c1-14-9-15(4-5-17-3-2-8-30-17)10-23-20(14)25-21(27)19-18(22)11-24-26(19)12-16-13-28-6-7-29-16/h2-3,8-11,16H,6-7,12-13H2,1H3,(H,23,25,27). The number of amides is 1. The van der Waals surface area contributed by atoms with E-state index in [9.17, 15) is 4.79 Å². The third-order valence-corrected chi connectivity index (χ3v) is 5.49. The maximum atomic E-state index is 12.9. The number of aromatic nitrogens is 3. The van der Waals surface area contributed by atoms with E-state index < -0.39 is 0 Å². The summed E-state index contributed by atoms with van der Waals surface area (Å²) in [5, 5.41) is 9.27. The van der Waals surface area contributed by atoms with Gasteiger partial charge in [-0.3, -0.25) is 9.48 Å². The summed E-state index contributed by atoms with van der Waals surface area (Å²) in [4.78, 5) is 18.2. The molecule has 30 heavy (non-hydrogen) atoms. The van der Waals surface area contributed by atoms with Gasteiger partial charge in [-0.2, -0.15) is 5.10 Å². The topological polar surface area (TPSA) is 78.3 Å². The molecule has 1 unspecified atom stereocenters. The highest BCUT2D eigenvalue weighted by Crippen LogP contribution is 2.20. The lowest BCUT2D eigenvalue weighted by Crippen LogP contribution is -2.34. The number of nitrogens with one attached hydrogen (secondary N) is 1. The minimum absolute atomic E-state index is 0.178. The maximum absolute atomic E-state index is 12.9. The van der Waals surface area contributed by atoms with Crippen LogP contribution in [0.4, 0.5) is 5.82 Å². The summed E-state index contributed by atoms with van der Waals surface area (Å²) < 4.78 is 12.6. The molecule has 4 heterocycles. The Morgan fingerprint density at radius 1 is 1.40 bits per heavy atom. The monoisotopic (exact) mass is 442 g/mol. The van der Waals surface area contributed by atoms with Crippen LogP contribution >= 0.6 is 22.9 Å². The number of rotatable bonds is 4. The van der Waals surface area contributed by atoms with Gasteiger partial charge in [-0.05, 0) is 30.0 Å². The Bertz CT molecular complexity index is 1100. The smallest absolute Gasteiger partial charge is 0.276 e. The highest BCUT2D eigenvalue weighted by atomic mass is 35.5. The lowest BCUT2D eigenvalue weighted by atomic mass is 10.2. The fourth-order valence-electron chi connectivity index (χ4n) is 2.99. The molecule has 1 saturated heterocycles. The fourth-order valence-corrected chi connectivity index (χ4v) is 3.78. The van der Waals surface area contributed by atoms with Gasteiger partial charge in [0.1, 0.15) is 17.6 Å². The molecule has 7 nitrogen and oxygen atoms in total. The maximum Gasteiger partial charge on any atom is 0.276 e. The normalized spacial score (nSPS) is 16.0. The van der Waals surface area contributed by atoms with Gasteiger partial charge in [0.05, 0.1) is 42.5 Å². The highest BCUT2D eigenvalue weighted by molar-refractivity contribution is 7.10. The Morgan fingerprint density at radius 2 is 2.30 bits per heavy atom. The number of halogens is 1. The predicted molar refractivity (Wildman–Crippen MR) is 115 cm³/mol. The van der Waals surface area contributed by atoms with Gasteiger partial charge in [0.25, 0.3) is 5.91 Å². The molecule has 0 aromatic carbocycles. The number of nitrogens with zero attached hydrogens (tertiary/aromatic N) is 3. The molecular formula is C21H19ClN4O3S. The van der Waals surface area contributed by atoms with Crippen molar-refractivity contribution < 1.29 is 14.3 Å². The molecule has 3 aromatic rings. The van der Waals surface area contributed by atoms with Gasteiger partial charge in [-0.1, -0.05) is 29.5 Å². The summed E-state index contributed by atoms with van der Waals surface area (Å²) in [5.74, 6) is 6.24. The summed E-state index contributed by atoms with van der Waals surface area (Å²) in [6, 6.07) is 5.80. The molecule has 1 aliphatic rings. The van der Waals surface area contributed by atoms with E-state index in [4.69, 9.17) is 21.1 Å². The molecule has 9 heteroatoms. The Balaban J connectivity index is 1.48. The Labute approximate surface area is 183 Å². The lowest BCUT2D eigenvalue weighted by Gasteiger charge is -2.23. The first-order valence-electron chi connectivity index (χ1n) is 9.34. The van der Waals surface area contributed by atoms with E-state index in [1.807, 2.05) is 30.5 Å². The van der Waals surface area contributed by atoms with Crippen LogP contribution in [0.1, 0.15) is 26.5 Å². The Morgan fingerprint density at radius 3 is 3.03 bits per heavy atom. The molecule has 0 aliphatic carbocycles. The van der Waals surface area contributed by atoms with Crippen LogP contribution in [-0.2, 0) is 16.0 Å². The largest absolute Gasteiger partial charge is 0.376 e. The number of aryl methyl sites for hydroxylation is 1. The molecule has 0 bridgehead atoms. The van der Waals surface area contributed by atoms with E-state index >= 15 is 0 Å². The minimum atomic E-state index is -0.387. The molecule has 1 N–H and O–H groups in total. The van der Waals surface area contributed by atoms with Crippen molar-refractivity contribution in [1.82, 2.24) is 14.8 Å². The van der Waals surface area contributed by atoms with E-state index in [1.165, 1.54) is 10.9 Å². The van der Waals surface area contributed by atoms with Gasteiger partial charge < -0.3 is 14.8 Å². The first-order valence-corrected chi connectivity index (χ1v) is 10.6. The van der Waals surface area contributed by atoms with Gasteiger partial charge in [0, 0.05) is 11.8 Å². The van der Waals surface area contributed by atoms with Crippen molar-refractivity contribution in [3.63, 3.8) is 0 Å². The number of hydrogen-bond donors (Lipinski definition) is 1. The third-order valence-electron chi connectivity index (χ3n) is 4.43. The minimum Gasteiger partial charge on any atom is -0.376 e. The number of ether oxygens (including phenoxy) is 2. The van der Waals surface area contributed by atoms with Crippen molar-refractivity contribution in [3.05, 3.63) is 62.7 Å². The molecule has 1 fully saturated rings. The molecule has 0 saturated carbocycles. The van der Waals surface area contributed by atoms with Crippen molar-refractivity contribution in [3.8, 4) is 11.8 Å². The quantitative estimate of drug-likeness (QED) is 0.627. The zero-order valence-electron chi connectivity index (χ0n) is 16.2. The van der Waals surface area contributed by atoms with E-state index in [1.54, 1.807) is 17.5 Å². The van der Waals surface area contributed by atoms with Crippen LogP contribution in [0, 0.1) is 18.8 Å².